The van der Waals surface area contributed by atoms with E-state index in [0.717, 1.165) is 32.5 Å². The second-order valence-corrected chi connectivity index (χ2v) is 3.59. The summed E-state index contributed by atoms with van der Waals surface area (Å²) in [5.74, 6) is 0.265. The molecule has 1 N–H and O–H groups in total. The van der Waals surface area contributed by atoms with Gasteiger partial charge in [0.15, 0.2) is 0 Å². The summed E-state index contributed by atoms with van der Waals surface area (Å²) in [7, 11) is 0. The highest BCUT2D eigenvalue weighted by atomic mass is 35.5. The van der Waals surface area contributed by atoms with Crippen LogP contribution < -0.4 is 5.32 Å². The van der Waals surface area contributed by atoms with Crippen LogP contribution in [0.1, 0.15) is 12.8 Å². The van der Waals surface area contributed by atoms with Gasteiger partial charge in [-0.3, -0.25) is 4.79 Å². The highest BCUT2D eigenvalue weighted by Gasteiger charge is 2.27. The van der Waals surface area contributed by atoms with Crippen LogP contribution in [-0.2, 0) is 9.53 Å². The molecule has 82 valence electrons. The van der Waals surface area contributed by atoms with Gasteiger partial charge in [-0.1, -0.05) is 0 Å². The molecule has 2 aliphatic rings. The fourth-order valence-electron chi connectivity index (χ4n) is 1.90. The number of carbonyl (C=O) groups excluding carboxylic acids is 1. The number of hydrogen-bond acceptors (Lipinski definition) is 3. The molecule has 0 spiro atoms. The fourth-order valence-corrected chi connectivity index (χ4v) is 1.90. The summed E-state index contributed by atoms with van der Waals surface area (Å²) in [6.45, 7) is 3.89. The van der Waals surface area contributed by atoms with Crippen LogP contribution in [0.3, 0.4) is 0 Å². The van der Waals surface area contributed by atoms with Gasteiger partial charge in [-0.25, -0.2) is 0 Å². The van der Waals surface area contributed by atoms with E-state index in [1.54, 1.807) is 0 Å². The number of amides is 1. The maximum atomic E-state index is 11.8. The van der Waals surface area contributed by atoms with Crippen LogP contribution in [0.2, 0.25) is 0 Å². The van der Waals surface area contributed by atoms with Crippen molar-refractivity contribution in [1.82, 2.24) is 10.2 Å². The molecular formula is C9H17ClN2O2. The van der Waals surface area contributed by atoms with Crippen LogP contribution in [0.25, 0.3) is 0 Å². The largest absolute Gasteiger partial charge is 0.378 e. The Morgan fingerprint density at radius 2 is 2.07 bits per heavy atom. The van der Waals surface area contributed by atoms with Gasteiger partial charge in [0.05, 0.1) is 19.3 Å². The van der Waals surface area contributed by atoms with Gasteiger partial charge < -0.3 is 15.0 Å². The first-order valence-corrected chi connectivity index (χ1v) is 4.98. The monoisotopic (exact) mass is 220 g/mol. The molecule has 2 heterocycles. The summed E-state index contributed by atoms with van der Waals surface area (Å²) in [6.07, 6.45) is 2.12. The zero-order valence-corrected chi connectivity index (χ0v) is 9.02. The third-order valence-electron chi connectivity index (χ3n) is 2.68. The minimum Gasteiger partial charge on any atom is -0.378 e. The third kappa shape index (κ3) is 2.59. The molecule has 14 heavy (non-hydrogen) atoms. The third-order valence-corrected chi connectivity index (χ3v) is 2.68. The molecular weight excluding hydrogens is 204 g/mol. The molecule has 0 saturated carbocycles. The molecule has 1 amide bonds. The Bertz CT molecular complexity index is 189. The lowest BCUT2D eigenvalue weighted by Gasteiger charge is -2.29. The van der Waals surface area contributed by atoms with Gasteiger partial charge in [0.1, 0.15) is 0 Å². The zero-order valence-electron chi connectivity index (χ0n) is 8.20. The van der Waals surface area contributed by atoms with E-state index < -0.39 is 0 Å². The van der Waals surface area contributed by atoms with Gasteiger partial charge >= 0.3 is 0 Å². The molecule has 1 atom stereocenters. The smallest absolute Gasteiger partial charge is 0.239 e. The number of nitrogens with one attached hydrogen (secondary N) is 1. The predicted molar refractivity (Wildman–Crippen MR) is 55.7 cm³/mol. The molecule has 4 nitrogen and oxygen atoms in total. The molecule has 2 rings (SSSR count). The lowest BCUT2D eigenvalue weighted by atomic mass is 10.2. The molecule has 2 fully saturated rings. The fraction of sp³-hybridized carbons (Fsp3) is 0.889. The van der Waals surface area contributed by atoms with Crippen molar-refractivity contribution >= 4 is 18.3 Å². The summed E-state index contributed by atoms with van der Waals surface area (Å²) in [5, 5.41) is 3.22. The summed E-state index contributed by atoms with van der Waals surface area (Å²) >= 11 is 0. The van der Waals surface area contributed by atoms with E-state index in [9.17, 15) is 4.79 Å². The van der Waals surface area contributed by atoms with Crippen LogP contribution in [0.4, 0.5) is 0 Å². The molecule has 0 aromatic carbocycles. The molecule has 2 saturated heterocycles. The summed E-state index contributed by atoms with van der Waals surface area (Å²) < 4.78 is 5.20. The topological polar surface area (TPSA) is 41.6 Å². The number of morpholine rings is 1. The lowest BCUT2D eigenvalue weighted by Crippen LogP contribution is -2.48. The van der Waals surface area contributed by atoms with E-state index >= 15 is 0 Å². The van der Waals surface area contributed by atoms with E-state index in [-0.39, 0.29) is 24.4 Å². The SMILES string of the molecule is Cl.O=C([C@H]1CCCN1)N1CCOCC1. The normalized spacial score (nSPS) is 27.1. The number of halogens is 1. The Morgan fingerprint density at radius 3 is 2.64 bits per heavy atom. The molecule has 0 aliphatic carbocycles. The van der Waals surface area contributed by atoms with E-state index in [0.29, 0.717) is 13.2 Å². The minimum absolute atomic E-state index is 0. The molecule has 0 aromatic heterocycles. The summed E-state index contributed by atoms with van der Waals surface area (Å²) in [5.41, 5.74) is 0. The molecule has 0 radical (unpaired) electrons. The predicted octanol–water partition coefficient (Wildman–Crippen LogP) is 0.0190. The van der Waals surface area contributed by atoms with E-state index in [1.807, 2.05) is 4.90 Å². The number of carbonyl (C=O) groups is 1. The van der Waals surface area contributed by atoms with Gasteiger partial charge in [0.2, 0.25) is 5.91 Å². The second-order valence-electron chi connectivity index (χ2n) is 3.59. The quantitative estimate of drug-likeness (QED) is 0.678. The highest BCUT2D eigenvalue weighted by molar-refractivity contribution is 5.85. The summed E-state index contributed by atoms with van der Waals surface area (Å²) in [4.78, 5) is 13.7. The van der Waals surface area contributed by atoms with Crippen LogP contribution in [0.5, 0.6) is 0 Å². The number of rotatable bonds is 1. The molecule has 2 aliphatic heterocycles. The van der Waals surface area contributed by atoms with Crippen molar-refractivity contribution in [3.05, 3.63) is 0 Å². The number of hydrogen-bond donors (Lipinski definition) is 1. The van der Waals surface area contributed by atoms with Crippen molar-refractivity contribution in [2.75, 3.05) is 32.8 Å². The van der Waals surface area contributed by atoms with E-state index in [1.165, 1.54) is 0 Å². The highest BCUT2D eigenvalue weighted by Crippen LogP contribution is 2.09. The average molecular weight is 221 g/mol. The number of nitrogens with zero attached hydrogens (tertiary/aromatic N) is 1. The molecule has 0 bridgehead atoms. The van der Waals surface area contributed by atoms with Crippen molar-refractivity contribution in [2.45, 2.75) is 18.9 Å². The maximum absolute atomic E-state index is 11.8. The first kappa shape index (κ1) is 11.8. The van der Waals surface area contributed by atoms with Crippen molar-refractivity contribution in [3.8, 4) is 0 Å². The molecule has 0 aromatic rings. The molecule has 0 unspecified atom stereocenters. The van der Waals surface area contributed by atoms with Crippen LogP contribution >= 0.6 is 12.4 Å². The van der Waals surface area contributed by atoms with Gasteiger partial charge in [-0.2, -0.15) is 0 Å². The Balaban J connectivity index is 0.000000980. The Kier molecular flexibility index (Phi) is 4.65. The van der Waals surface area contributed by atoms with Crippen LogP contribution in [0, 0.1) is 0 Å². The van der Waals surface area contributed by atoms with Crippen LogP contribution in [0.15, 0.2) is 0 Å². The second kappa shape index (κ2) is 5.53. The standard InChI is InChI=1S/C9H16N2O2.ClH/c12-9(8-2-1-3-10-8)11-4-6-13-7-5-11;/h8,10H,1-7H2;1H/t8-;/m1./s1. The lowest BCUT2D eigenvalue weighted by molar-refractivity contribution is -0.137. The first-order chi connectivity index (χ1) is 6.38. The van der Waals surface area contributed by atoms with Crippen molar-refractivity contribution in [2.24, 2.45) is 0 Å². The van der Waals surface area contributed by atoms with Crippen molar-refractivity contribution < 1.29 is 9.53 Å². The molecule has 5 heteroatoms. The number of ether oxygens (including phenoxy) is 1. The summed E-state index contributed by atoms with van der Waals surface area (Å²) in [6, 6.07) is 0.0816. The van der Waals surface area contributed by atoms with E-state index in [4.69, 9.17) is 4.74 Å². The van der Waals surface area contributed by atoms with Crippen molar-refractivity contribution in [3.63, 3.8) is 0 Å². The van der Waals surface area contributed by atoms with Gasteiger partial charge in [-0.15, -0.1) is 12.4 Å². The Morgan fingerprint density at radius 1 is 1.36 bits per heavy atom. The van der Waals surface area contributed by atoms with E-state index in [2.05, 4.69) is 5.32 Å². The van der Waals surface area contributed by atoms with Gasteiger partial charge in [0.25, 0.3) is 0 Å². The van der Waals surface area contributed by atoms with Gasteiger partial charge in [0, 0.05) is 13.1 Å². The minimum atomic E-state index is 0. The van der Waals surface area contributed by atoms with Gasteiger partial charge in [-0.05, 0) is 19.4 Å². The van der Waals surface area contributed by atoms with Crippen LogP contribution in [-0.4, -0.2) is 49.7 Å². The first-order valence-electron chi connectivity index (χ1n) is 4.98. The zero-order chi connectivity index (χ0) is 9.10. The Labute approximate surface area is 90.4 Å². The maximum Gasteiger partial charge on any atom is 0.239 e. The Hall–Kier alpha value is -0.320. The van der Waals surface area contributed by atoms with Crippen molar-refractivity contribution in [1.29, 1.82) is 0 Å². The average Bonchev–Trinajstić information content (AvgIpc) is 2.71.